The Hall–Kier alpha value is -16.2. The Morgan fingerprint density at radius 3 is 1.15 bits per heavy atom. The van der Waals surface area contributed by atoms with Crippen LogP contribution in [-0.4, -0.2) is 19.7 Å². The first-order chi connectivity index (χ1) is 65.7. The molecule has 0 radical (unpaired) electrons. The van der Waals surface area contributed by atoms with Crippen molar-refractivity contribution >= 4 is 11.0 Å². The molecule has 5 heteroatoms. The molecule has 21 aromatic rings. The Kier molecular flexibility index (Phi) is 16.6. The fourth-order valence-corrected chi connectivity index (χ4v) is 25.4. The van der Waals surface area contributed by atoms with Crippen LogP contribution in [0.1, 0.15) is 142 Å². The summed E-state index contributed by atoms with van der Waals surface area (Å²) in [5.74, 6) is 2.50. The van der Waals surface area contributed by atoms with Crippen molar-refractivity contribution in [1.82, 2.24) is 19.7 Å². The summed E-state index contributed by atoms with van der Waals surface area (Å²) in [5, 5.41) is 9.35. The molecule has 6 aliphatic rings. The highest BCUT2D eigenvalue weighted by atomic mass is 16.3. The summed E-state index contributed by atoms with van der Waals surface area (Å²) in [6.07, 6.45) is 0. The molecule has 632 valence electrons. The van der Waals surface area contributed by atoms with E-state index in [0.717, 1.165) is 112 Å². The first-order valence-corrected chi connectivity index (χ1v) is 47.0. The molecular weight excluding hydrogens is 1620 g/mol. The van der Waals surface area contributed by atoms with Gasteiger partial charge in [0.15, 0.2) is 0 Å². The summed E-state index contributed by atoms with van der Waals surface area (Å²) < 4.78 is 9.74. The van der Waals surface area contributed by atoms with Gasteiger partial charge in [-0.15, -0.1) is 10.2 Å². The van der Waals surface area contributed by atoms with Gasteiger partial charge in [0.2, 0.25) is 0 Å². The van der Waals surface area contributed by atoms with Crippen LogP contribution in [0.5, 0.6) is 0 Å². The first-order valence-electron chi connectivity index (χ1n) is 47.0. The Bertz CT molecular complexity index is 8480. The van der Waals surface area contributed by atoms with Crippen molar-refractivity contribution in [3.05, 3.63) is 537 Å². The zero-order chi connectivity index (χ0) is 89.3. The Balaban J connectivity index is 0.557. The summed E-state index contributed by atoms with van der Waals surface area (Å²) in [6, 6.07) is 164. The van der Waals surface area contributed by atoms with Gasteiger partial charge >= 0.3 is 0 Å². The second-order valence-corrected chi connectivity index (χ2v) is 39.1. The van der Waals surface area contributed by atoms with E-state index in [2.05, 4.69) is 470 Å². The lowest BCUT2D eigenvalue weighted by atomic mass is 9.54. The van der Waals surface area contributed by atoms with Gasteiger partial charge in [-0.3, -0.25) is 4.57 Å². The molecule has 134 heavy (non-hydrogen) atoms. The van der Waals surface area contributed by atoms with Crippen molar-refractivity contribution < 1.29 is 4.42 Å². The number of imidazole rings is 1. The van der Waals surface area contributed by atoms with E-state index in [1.807, 2.05) is 18.2 Å². The molecule has 27 rings (SSSR count). The third kappa shape index (κ3) is 10.7. The van der Waals surface area contributed by atoms with E-state index in [0.29, 0.717) is 0 Å². The van der Waals surface area contributed by atoms with Crippen LogP contribution in [0.25, 0.3) is 151 Å². The Morgan fingerprint density at radius 1 is 0.201 bits per heavy atom. The highest BCUT2D eigenvalue weighted by Gasteiger charge is 2.58. The average molecular weight is 1710 g/mol. The maximum Gasteiger partial charge on any atom is 0.145 e. The molecule has 5 nitrogen and oxygen atoms in total. The number of aromatic nitrogens is 4. The van der Waals surface area contributed by atoms with E-state index < -0.39 is 16.2 Å². The average Bonchev–Trinajstić information content (AvgIpc) is 1.47. The van der Waals surface area contributed by atoms with Crippen molar-refractivity contribution in [1.29, 1.82) is 0 Å². The SMILES string of the molecule is CC1(C)c2ccccc2C2(c3ccccc3-c3cc(-c4cccc(-c5nc6ccc(-c7ccc8c(c7)C7(c9ccccc9-c9cccc(-c%10cccc(-c%11ccc(-c%12ccc%13c(c%12)C%12(c%14ccccc%14-c%14ccc(-c%15ccc(-c%16ccc(-c%17ccccc%17)nn%16)cc%15)cc%14%12)c%12ccccc%12C%13(C)C)o%11)c%10)c97)c7ccccc7C8(C)C)cc6n5-c5ccccc5)c4)ccc32)c2ccccc21. The van der Waals surface area contributed by atoms with Crippen LogP contribution < -0.4 is 0 Å². The summed E-state index contributed by atoms with van der Waals surface area (Å²) in [5.41, 5.74) is 47.4. The minimum Gasteiger partial charge on any atom is -0.456 e. The predicted octanol–water partition coefficient (Wildman–Crippen LogP) is 31.4. The molecule has 0 aliphatic heterocycles. The molecule has 2 unspecified atom stereocenters. The van der Waals surface area contributed by atoms with Gasteiger partial charge in [0.1, 0.15) is 17.3 Å². The summed E-state index contributed by atoms with van der Waals surface area (Å²) in [6.45, 7) is 14.4. The molecule has 0 saturated heterocycles. The van der Waals surface area contributed by atoms with Gasteiger partial charge in [-0.25, -0.2) is 4.98 Å². The van der Waals surface area contributed by atoms with Crippen molar-refractivity contribution in [2.75, 3.05) is 0 Å². The monoisotopic (exact) mass is 1710 g/mol. The highest BCUT2D eigenvalue weighted by Crippen LogP contribution is 2.68. The number of fused-ring (bicyclic) bond motifs is 28. The number of hydrogen-bond acceptors (Lipinski definition) is 4. The van der Waals surface area contributed by atoms with Crippen LogP contribution >= 0.6 is 0 Å². The lowest BCUT2D eigenvalue weighted by Crippen LogP contribution is -2.41. The molecular formula is C129H90N4O. The Labute approximate surface area is 780 Å². The number of para-hydroxylation sites is 1. The van der Waals surface area contributed by atoms with Gasteiger partial charge in [-0.2, -0.15) is 0 Å². The molecule has 0 N–H and O–H groups in total. The molecule has 6 aliphatic carbocycles. The van der Waals surface area contributed by atoms with Crippen LogP contribution in [0.3, 0.4) is 0 Å². The van der Waals surface area contributed by atoms with E-state index in [9.17, 15) is 0 Å². The zero-order valence-corrected chi connectivity index (χ0v) is 75.3. The third-order valence-corrected chi connectivity index (χ3v) is 31.4. The van der Waals surface area contributed by atoms with Crippen molar-refractivity contribution in [2.45, 2.75) is 74.0 Å². The summed E-state index contributed by atoms with van der Waals surface area (Å²) in [4.78, 5) is 5.66. The van der Waals surface area contributed by atoms with Gasteiger partial charge in [0, 0.05) is 49.7 Å². The number of furan rings is 1. The van der Waals surface area contributed by atoms with Gasteiger partial charge in [-0.1, -0.05) is 393 Å². The highest BCUT2D eigenvalue weighted by molar-refractivity contribution is 5.99. The molecule has 3 heterocycles. The quantitative estimate of drug-likeness (QED) is 0.137. The molecule has 0 fully saturated rings. The van der Waals surface area contributed by atoms with Crippen molar-refractivity contribution in [3.63, 3.8) is 0 Å². The minimum atomic E-state index is -0.741. The number of benzene rings is 18. The molecule has 0 bridgehead atoms. The summed E-state index contributed by atoms with van der Waals surface area (Å²) >= 11 is 0. The second-order valence-electron chi connectivity index (χ2n) is 39.1. The fraction of sp³-hybridized carbons (Fsp3) is 0.0930. The maximum absolute atomic E-state index is 7.36. The number of nitrogens with zero attached hydrogens (tertiary/aromatic N) is 4. The van der Waals surface area contributed by atoms with E-state index in [4.69, 9.17) is 14.5 Å². The lowest BCUT2D eigenvalue weighted by Gasteiger charge is -2.47. The predicted molar refractivity (Wildman–Crippen MR) is 546 cm³/mol. The number of hydrogen-bond donors (Lipinski definition) is 0. The van der Waals surface area contributed by atoms with Crippen LogP contribution in [0.4, 0.5) is 0 Å². The van der Waals surface area contributed by atoms with Crippen molar-refractivity contribution in [3.8, 4) is 140 Å². The van der Waals surface area contributed by atoms with E-state index in [1.165, 1.54) is 139 Å². The fourth-order valence-electron chi connectivity index (χ4n) is 25.4. The van der Waals surface area contributed by atoms with Crippen LogP contribution in [0, 0.1) is 0 Å². The summed E-state index contributed by atoms with van der Waals surface area (Å²) in [7, 11) is 0. The molecule has 3 aromatic heterocycles. The van der Waals surface area contributed by atoms with Crippen LogP contribution in [0.15, 0.2) is 441 Å². The second kappa shape index (κ2) is 28.6. The van der Waals surface area contributed by atoms with Crippen LogP contribution in [-0.2, 0) is 32.5 Å². The van der Waals surface area contributed by atoms with E-state index >= 15 is 0 Å². The maximum atomic E-state index is 7.36. The van der Waals surface area contributed by atoms with E-state index in [-0.39, 0.29) is 16.2 Å². The van der Waals surface area contributed by atoms with E-state index in [1.54, 1.807) is 0 Å². The molecule has 2 atom stereocenters. The third-order valence-electron chi connectivity index (χ3n) is 31.4. The standard InChI is InChI=1S/C129H90N4O/c1-124(2)103-46-19-23-50-109(103)127(110-51-24-20-47-104(110)124)100-44-17-15-40-95(100)98-74-83(59-64-102(98)127)82-32-27-35-90(72-82)123-130-118-67-62-86(78-119(118)133(123)91-36-11-8-12-37-91)85-60-65-108-115(76-85)129(112-53-26-22-49-106(112)126(108,5)6)101-45-18-14-39-94(101)97-42-29-41-92(122(97)129)87-33-28-34-88(73-87)120-70-71-121(134-120)89-61-66-107-114(77-89)128(111-52-25-21-48-105(111)125(107,3)4)99-43-16-13-38-93(99)96-63-58-84(75-113(96)128)79-54-56-81(57-55-79)117-69-68-116(131-132-117)80-30-9-7-10-31-80/h7-78H,1-6H3. The molecule has 0 amide bonds. The van der Waals surface area contributed by atoms with Gasteiger partial charge in [-0.05, 0) is 263 Å². The van der Waals surface area contributed by atoms with Crippen molar-refractivity contribution in [2.24, 2.45) is 0 Å². The smallest absolute Gasteiger partial charge is 0.145 e. The van der Waals surface area contributed by atoms with Gasteiger partial charge in [0.25, 0.3) is 0 Å². The molecule has 18 aromatic carbocycles. The van der Waals surface area contributed by atoms with Gasteiger partial charge < -0.3 is 4.42 Å². The molecule has 0 saturated carbocycles. The Morgan fingerprint density at radius 2 is 0.545 bits per heavy atom. The normalized spacial score (nSPS) is 16.6. The molecule has 3 spiro atoms. The number of rotatable bonds is 10. The first kappa shape index (κ1) is 77.7. The minimum absolute atomic E-state index is 0.173. The topological polar surface area (TPSA) is 56.7 Å². The largest absolute Gasteiger partial charge is 0.456 e. The lowest BCUT2D eigenvalue weighted by molar-refractivity contribution is 0.562. The zero-order valence-electron chi connectivity index (χ0n) is 75.3. The van der Waals surface area contributed by atoms with Gasteiger partial charge in [0.05, 0.1) is 38.7 Å². The van der Waals surface area contributed by atoms with Crippen LogP contribution in [0.2, 0.25) is 0 Å².